The van der Waals surface area contributed by atoms with Crippen molar-refractivity contribution >= 4 is 29.4 Å². The Balaban J connectivity index is 1.87. The van der Waals surface area contributed by atoms with E-state index in [1.54, 1.807) is 31.2 Å². The van der Waals surface area contributed by atoms with Gasteiger partial charge >= 0.3 is 5.97 Å². The van der Waals surface area contributed by atoms with E-state index in [2.05, 4.69) is 43.1 Å². The fourth-order valence-corrected chi connectivity index (χ4v) is 4.28. The summed E-state index contributed by atoms with van der Waals surface area (Å²) in [7, 11) is 1.89. The molecule has 1 aromatic carbocycles. The van der Waals surface area contributed by atoms with Crippen molar-refractivity contribution in [2.45, 2.75) is 84.0 Å². The number of hydrogen-bond donors (Lipinski definition) is 7. The van der Waals surface area contributed by atoms with E-state index in [1.165, 1.54) is 6.20 Å². The molecule has 0 aliphatic heterocycles. The van der Waals surface area contributed by atoms with E-state index in [-0.39, 0.29) is 48.0 Å². The van der Waals surface area contributed by atoms with Gasteiger partial charge in [0.2, 0.25) is 5.91 Å². The molecule has 0 aliphatic carbocycles. The van der Waals surface area contributed by atoms with E-state index in [4.69, 9.17) is 10.5 Å². The number of aryl methyl sites for hydroxylation is 1. The summed E-state index contributed by atoms with van der Waals surface area (Å²) in [5.41, 5.74) is 6.54. The minimum Gasteiger partial charge on any atom is -0.480 e. The molecule has 0 radical (unpaired) electrons. The van der Waals surface area contributed by atoms with Gasteiger partial charge in [-0.25, -0.2) is 9.78 Å². The Morgan fingerprint density at radius 2 is 1.74 bits per heavy atom. The highest BCUT2D eigenvalue weighted by Gasteiger charge is 2.26. The molecule has 8 N–H and O–H groups in total. The Labute approximate surface area is 270 Å². The maximum Gasteiger partial charge on any atom is 0.326 e. The number of nitrogens with two attached hydrogens (primary N) is 1. The topological polar surface area (TPSA) is 210 Å². The van der Waals surface area contributed by atoms with Crippen molar-refractivity contribution in [3.05, 3.63) is 65.5 Å². The third-order valence-corrected chi connectivity index (χ3v) is 7.05. The molecule has 0 spiro atoms. The van der Waals surface area contributed by atoms with Crippen LogP contribution in [0.2, 0.25) is 0 Å². The third-order valence-electron chi connectivity index (χ3n) is 7.05. The molecule has 0 bridgehead atoms. The maximum atomic E-state index is 12.8. The number of carboxylic acids is 1. The van der Waals surface area contributed by atoms with Gasteiger partial charge in [0.1, 0.15) is 11.7 Å². The zero-order valence-corrected chi connectivity index (χ0v) is 27.6. The van der Waals surface area contributed by atoms with Crippen LogP contribution in [0.3, 0.4) is 0 Å². The molecule has 0 saturated heterocycles. The lowest BCUT2D eigenvalue weighted by molar-refractivity contribution is -0.139. The number of anilines is 1. The van der Waals surface area contributed by atoms with E-state index in [0.29, 0.717) is 30.1 Å². The van der Waals surface area contributed by atoms with Gasteiger partial charge in [-0.15, -0.1) is 0 Å². The largest absolute Gasteiger partial charge is 0.480 e. The van der Waals surface area contributed by atoms with Gasteiger partial charge in [-0.3, -0.25) is 19.4 Å². The Bertz CT molecular complexity index is 1380. The summed E-state index contributed by atoms with van der Waals surface area (Å²) in [4.78, 5) is 58.1. The summed E-state index contributed by atoms with van der Waals surface area (Å²) in [6.07, 6.45) is 2.80. The van der Waals surface area contributed by atoms with E-state index in [0.717, 1.165) is 13.0 Å². The molecule has 0 fully saturated rings. The number of carboxylic acid groups (broad SMARTS) is 1. The summed E-state index contributed by atoms with van der Waals surface area (Å²) in [5.74, 6) is -2.65. The second kappa shape index (κ2) is 17.2. The molecular weight excluding hydrogens is 592 g/mol. The lowest BCUT2D eigenvalue weighted by Crippen LogP contribution is -2.46. The highest BCUT2D eigenvalue weighted by molar-refractivity contribution is 5.97. The number of rotatable bonds is 19. The van der Waals surface area contributed by atoms with Crippen molar-refractivity contribution < 1.29 is 29.0 Å². The summed E-state index contributed by atoms with van der Waals surface area (Å²) in [6.45, 7) is 14.4. The fraction of sp³-hybridized carbons (Fsp3) is 0.500. The van der Waals surface area contributed by atoms with Crippen molar-refractivity contribution in [2.24, 2.45) is 5.73 Å². The molecule has 1 unspecified atom stereocenters. The van der Waals surface area contributed by atoms with Crippen molar-refractivity contribution in [3.63, 3.8) is 0 Å². The molecule has 2 aromatic rings. The average molecular weight is 641 g/mol. The van der Waals surface area contributed by atoms with E-state index < -0.39 is 29.4 Å². The number of nitrogens with one attached hydrogen (secondary N) is 5. The van der Waals surface area contributed by atoms with Gasteiger partial charge in [0.05, 0.1) is 35.6 Å². The van der Waals surface area contributed by atoms with Crippen LogP contribution in [-0.4, -0.2) is 76.1 Å². The van der Waals surface area contributed by atoms with Crippen molar-refractivity contribution in [3.8, 4) is 0 Å². The summed E-state index contributed by atoms with van der Waals surface area (Å²) in [5, 5.41) is 23.7. The van der Waals surface area contributed by atoms with Gasteiger partial charge in [-0.1, -0.05) is 6.58 Å². The Hall–Kier alpha value is -4.56. The molecule has 14 nitrogen and oxygen atoms in total. The molecule has 0 saturated carbocycles. The van der Waals surface area contributed by atoms with Crippen LogP contribution in [0.4, 0.5) is 5.69 Å². The van der Waals surface area contributed by atoms with Gasteiger partial charge in [0.25, 0.3) is 11.8 Å². The van der Waals surface area contributed by atoms with Gasteiger partial charge in [-0.05, 0) is 91.7 Å². The summed E-state index contributed by atoms with van der Waals surface area (Å²) in [6, 6.07) is 5.14. The SMILES string of the molecule is C=C(N)NC(=O)c1nc(CNc2ccc(C(=O)NC(CCC(=O)NC(C)(C)CCOC(C)(C)CCNC)C(=O)O)cc2)cnc1C. The number of aromatic nitrogens is 2. The molecule has 2 rings (SSSR count). The highest BCUT2D eigenvalue weighted by atomic mass is 16.5. The molecule has 1 aromatic heterocycles. The second-order valence-electron chi connectivity index (χ2n) is 12.3. The number of carbonyl (C=O) groups is 4. The molecule has 0 aliphatic rings. The van der Waals surface area contributed by atoms with Crippen LogP contribution < -0.4 is 32.3 Å². The van der Waals surface area contributed by atoms with Gasteiger partial charge in [0.15, 0.2) is 0 Å². The van der Waals surface area contributed by atoms with Crippen LogP contribution >= 0.6 is 0 Å². The number of benzene rings is 1. The summed E-state index contributed by atoms with van der Waals surface area (Å²) < 4.78 is 5.99. The molecule has 1 heterocycles. The Morgan fingerprint density at radius 1 is 1.07 bits per heavy atom. The van der Waals surface area contributed by atoms with E-state index >= 15 is 0 Å². The number of amides is 3. The van der Waals surface area contributed by atoms with Crippen LogP contribution in [0.15, 0.2) is 42.9 Å². The number of carbonyl (C=O) groups excluding carboxylic acids is 3. The predicted octanol–water partition coefficient (Wildman–Crippen LogP) is 2.21. The standard InChI is InChI=1S/C32H48N8O6/c1-20-27(29(43)37-21(2)33)38-24(18-35-20)19-36-23-10-8-22(9-11-23)28(42)39-25(30(44)45)12-13-26(41)40-31(3,4)15-17-46-32(5,6)14-16-34-7/h8-11,18,25,34,36H,2,12-17,19,33H2,1,3-7H3,(H,37,43)(H,39,42)(H,40,41)(H,44,45). The highest BCUT2D eigenvalue weighted by Crippen LogP contribution is 2.17. The Kier molecular flexibility index (Phi) is 14.1. The normalized spacial score (nSPS) is 12.1. The molecule has 3 amide bonds. The third kappa shape index (κ3) is 13.2. The monoisotopic (exact) mass is 640 g/mol. The van der Waals surface area contributed by atoms with Crippen LogP contribution in [0.1, 0.15) is 85.6 Å². The molecule has 1 atom stereocenters. The first-order valence-electron chi connectivity index (χ1n) is 15.1. The van der Waals surface area contributed by atoms with Crippen LogP contribution in [0, 0.1) is 6.92 Å². The van der Waals surface area contributed by atoms with Gasteiger partial charge < -0.3 is 42.2 Å². The summed E-state index contributed by atoms with van der Waals surface area (Å²) >= 11 is 0. The quantitative estimate of drug-likeness (QED) is 0.118. The van der Waals surface area contributed by atoms with Crippen molar-refractivity contribution in [1.29, 1.82) is 0 Å². The van der Waals surface area contributed by atoms with E-state index in [1.807, 2.05) is 34.7 Å². The zero-order chi connectivity index (χ0) is 34.5. The van der Waals surface area contributed by atoms with E-state index in [9.17, 15) is 24.3 Å². The molecule has 14 heteroatoms. The average Bonchev–Trinajstić information content (AvgIpc) is 2.96. The number of ether oxygens (including phenoxy) is 1. The van der Waals surface area contributed by atoms with Gasteiger partial charge in [0, 0.05) is 29.8 Å². The van der Waals surface area contributed by atoms with Crippen molar-refractivity contribution in [2.75, 3.05) is 25.5 Å². The first-order chi connectivity index (χ1) is 21.5. The number of nitrogens with zero attached hydrogens (tertiary/aromatic N) is 2. The first-order valence-corrected chi connectivity index (χ1v) is 15.1. The minimum atomic E-state index is -1.25. The van der Waals surface area contributed by atoms with Crippen molar-refractivity contribution in [1.82, 2.24) is 31.2 Å². The first kappa shape index (κ1) is 37.6. The lowest BCUT2D eigenvalue weighted by atomic mass is 9.99. The minimum absolute atomic E-state index is 0.00379. The lowest BCUT2D eigenvalue weighted by Gasteiger charge is -2.30. The smallest absolute Gasteiger partial charge is 0.326 e. The maximum absolute atomic E-state index is 12.8. The van der Waals surface area contributed by atoms with Crippen LogP contribution in [0.5, 0.6) is 0 Å². The Morgan fingerprint density at radius 3 is 2.35 bits per heavy atom. The number of hydrogen-bond acceptors (Lipinski definition) is 10. The second-order valence-corrected chi connectivity index (χ2v) is 12.3. The molecule has 252 valence electrons. The van der Waals surface area contributed by atoms with Crippen LogP contribution in [0.25, 0.3) is 0 Å². The zero-order valence-electron chi connectivity index (χ0n) is 27.6. The molecule has 46 heavy (non-hydrogen) atoms. The predicted molar refractivity (Wildman–Crippen MR) is 175 cm³/mol. The fourth-order valence-electron chi connectivity index (χ4n) is 4.28. The molecular formula is C32H48N8O6. The van der Waals surface area contributed by atoms with Crippen LogP contribution in [-0.2, 0) is 20.9 Å². The number of aliphatic carboxylic acids is 1. The van der Waals surface area contributed by atoms with Gasteiger partial charge in [-0.2, -0.15) is 0 Å².